The van der Waals surface area contributed by atoms with Crippen LogP contribution in [0.5, 0.6) is 5.75 Å². The van der Waals surface area contributed by atoms with Gasteiger partial charge in [-0.3, -0.25) is 14.9 Å². The molecule has 1 heterocycles. The number of hydrogen-bond donors (Lipinski definition) is 1. The predicted molar refractivity (Wildman–Crippen MR) is 114 cm³/mol. The number of ether oxygens (including phenoxy) is 2. The van der Waals surface area contributed by atoms with Crippen molar-refractivity contribution < 1.29 is 32.4 Å². The van der Waals surface area contributed by atoms with Gasteiger partial charge >= 0.3 is 11.8 Å². The number of nitro groups is 1. The lowest BCUT2D eigenvalue weighted by atomic mass is 10.0. The molecule has 0 aliphatic carbocycles. The first-order valence-electron chi connectivity index (χ1n) is 9.97. The van der Waals surface area contributed by atoms with Gasteiger partial charge in [0, 0.05) is 32.2 Å². The Morgan fingerprint density at radius 3 is 2.31 bits per heavy atom. The third-order valence-corrected chi connectivity index (χ3v) is 6.91. The molecule has 1 aromatic rings. The Hall–Kier alpha value is -2.93. The summed E-state index contributed by atoms with van der Waals surface area (Å²) < 4.78 is 36.6. The number of sulfonamides is 1. The number of nitro benzene ring substituents is 1. The van der Waals surface area contributed by atoms with Crippen molar-refractivity contribution in [2.24, 2.45) is 5.92 Å². The van der Waals surface area contributed by atoms with Gasteiger partial charge in [-0.25, -0.2) is 13.2 Å². The molecule has 32 heavy (non-hydrogen) atoms. The maximum atomic E-state index is 13.0. The van der Waals surface area contributed by atoms with Crippen LogP contribution in [0.4, 0.5) is 10.5 Å². The van der Waals surface area contributed by atoms with Gasteiger partial charge < -0.3 is 19.7 Å². The van der Waals surface area contributed by atoms with Crippen LogP contribution >= 0.6 is 0 Å². The predicted octanol–water partition coefficient (Wildman–Crippen LogP) is 1.21. The number of piperazine rings is 1. The van der Waals surface area contributed by atoms with Crippen molar-refractivity contribution in [1.29, 1.82) is 0 Å². The molecule has 178 valence electrons. The first-order valence-corrected chi connectivity index (χ1v) is 11.4. The summed E-state index contributed by atoms with van der Waals surface area (Å²) in [6.45, 7) is 4.10. The molecule has 1 fully saturated rings. The van der Waals surface area contributed by atoms with Crippen molar-refractivity contribution in [2.75, 3.05) is 40.4 Å². The summed E-state index contributed by atoms with van der Waals surface area (Å²) in [5.74, 6) is -0.228. The summed E-state index contributed by atoms with van der Waals surface area (Å²) in [7, 11) is -1.54. The molecule has 1 aliphatic heterocycles. The van der Waals surface area contributed by atoms with Crippen LogP contribution in [0.15, 0.2) is 23.1 Å². The van der Waals surface area contributed by atoms with Crippen molar-refractivity contribution in [3.63, 3.8) is 0 Å². The molecule has 1 unspecified atom stereocenters. The van der Waals surface area contributed by atoms with Crippen LogP contribution in [-0.2, 0) is 19.6 Å². The second-order valence-electron chi connectivity index (χ2n) is 7.64. The van der Waals surface area contributed by atoms with Crippen molar-refractivity contribution in [1.82, 2.24) is 14.5 Å². The van der Waals surface area contributed by atoms with Crippen LogP contribution in [0.2, 0.25) is 0 Å². The number of nitrogens with one attached hydrogen (secondary N) is 1. The molecule has 1 N–H and O–H groups in total. The van der Waals surface area contributed by atoms with Crippen molar-refractivity contribution in [3.8, 4) is 5.75 Å². The fraction of sp³-hybridized carbons (Fsp3) is 0.579. The molecule has 13 heteroatoms. The van der Waals surface area contributed by atoms with Crippen LogP contribution in [-0.4, -0.2) is 81.0 Å². The highest BCUT2D eigenvalue weighted by molar-refractivity contribution is 7.89. The normalized spacial score (nSPS) is 15.8. The highest BCUT2D eigenvalue weighted by Crippen LogP contribution is 2.30. The van der Waals surface area contributed by atoms with E-state index in [1.54, 1.807) is 0 Å². The second kappa shape index (κ2) is 10.6. The minimum absolute atomic E-state index is 0.0144. The maximum absolute atomic E-state index is 13.0. The fourth-order valence-electron chi connectivity index (χ4n) is 3.39. The molecule has 2 rings (SSSR count). The van der Waals surface area contributed by atoms with E-state index in [-0.39, 0.29) is 48.6 Å². The summed E-state index contributed by atoms with van der Waals surface area (Å²) in [5.41, 5.74) is -0.451. The molecule has 0 bridgehead atoms. The minimum atomic E-state index is -4.01. The van der Waals surface area contributed by atoms with E-state index in [2.05, 4.69) is 10.1 Å². The van der Waals surface area contributed by atoms with Gasteiger partial charge in [-0.1, -0.05) is 13.8 Å². The highest BCUT2D eigenvalue weighted by Gasteiger charge is 2.34. The number of alkyl carbamates (subject to hydrolysis) is 1. The quantitative estimate of drug-likeness (QED) is 0.438. The van der Waals surface area contributed by atoms with E-state index in [1.807, 2.05) is 13.8 Å². The molecule has 2 amide bonds. The largest absolute Gasteiger partial charge is 0.490 e. The van der Waals surface area contributed by atoms with E-state index in [0.29, 0.717) is 6.42 Å². The van der Waals surface area contributed by atoms with Gasteiger partial charge in [-0.15, -0.1) is 0 Å². The number of methoxy groups -OCH3 is 2. The highest BCUT2D eigenvalue weighted by atomic mass is 32.2. The van der Waals surface area contributed by atoms with Gasteiger partial charge in [0.1, 0.15) is 6.04 Å². The standard InChI is InChI=1S/C19H28N4O8S/c1-13(2)11-15(20-19(25)31-4)18(24)21-7-9-22(10-8-21)32(28,29)14-5-6-17(30-3)16(12-14)23(26)27/h5-6,12-13,15H,7-11H2,1-4H3,(H,20,25). The monoisotopic (exact) mass is 472 g/mol. The lowest BCUT2D eigenvalue weighted by molar-refractivity contribution is -0.386. The molecule has 0 radical (unpaired) electrons. The zero-order chi connectivity index (χ0) is 24.1. The van der Waals surface area contributed by atoms with E-state index in [0.717, 1.165) is 6.07 Å². The van der Waals surface area contributed by atoms with Crippen LogP contribution in [0.3, 0.4) is 0 Å². The topological polar surface area (TPSA) is 148 Å². The molecular formula is C19H28N4O8S. The number of carbonyl (C=O) groups excluding carboxylic acids is 2. The molecule has 12 nitrogen and oxygen atoms in total. The third kappa shape index (κ3) is 5.85. The molecule has 0 spiro atoms. The van der Waals surface area contributed by atoms with E-state index in [9.17, 15) is 28.1 Å². The van der Waals surface area contributed by atoms with Gasteiger partial charge in [-0.05, 0) is 24.5 Å². The van der Waals surface area contributed by atoms with Gasteiger partial charge in [0.15, 0.2) is 5.75 Å². The van der Waals surface area contributed by atoms with Gasteiger partial charge in [0.25, 0.3) is 0 Å². The van der Waals surface area contributed by atoms with Crippen molar-refractivity contribution in [3.05, 3.63) is 28.3 Å². The van der Waals surface area contributed by atoms with Gasteiger partial charge in [-0.2, -0.15) is 4.31 Å². The maximum Gasteiger partial charge on any atom is 0.407 e. The van der Waals surface area contributed by atoms with Crippen LogP contribution in [0.1, 0.15) is 20.3 Å². The summed E-state index contributed by atoms with van der Waals surface area (Å²) in [6.07, 6.45) is -0.312. The Labute approximate surface area is 186 Å². The van der Waals surface area contributed by atoms with Crippen LogP contribution < -0.4 is 10.1 Å². The lowest BCUT2D eigenvalue weighted by Crippen LogP contribution is -2.56. The van der Waals surface area contributed by atoms with E-state index in [1.165, 1.54) is 35.6 Å². The zero-order valence-electron chi connectivity index (χ0n) is 18.4. The molecule has 1 atom stereocenters. The number of carbonyl (C=O) groups is 2. The first-order chi connectivity index (χ1) is 15.0. The van der Waals surface area contributed by atoms with E-state index < -0.39 is 32.8 Å². The smallest absolute Gasteiger partial charge is 0.407 e. The van der Waals surface area contributed by atoms with Crippen molar-refractivity contribution >= 4 is 27.7 Å². The number of benzene rings is 1. The SMILES string of the molecule is COC(=O)NC(CC(C)C)C(=O)N1CCN(S(=O)(=O)c2ccc(OC)c([N+](=O)[O-])c2)CC1. The Bertz CT molecular complexity index is 958. The van der Waals surface area contributed by atoms with Gasteiger partial charge in [0.05, 0.1) is 24.0 Å². The summed E-state index contributed by atoms with van der Waals surface area (Å²) in [5, 5.41) is 13.8. The average molecular weight is 473 g/mol. The number of nitrogens with zero attached hydrogens (tertiary/aromatic N) is 3. The number of hydrogen-bond acceptors (Lipinski definition) is 8. The molecule has 1 aliphatic rings. The molecule has 0 aromatic heterocycles. The number of amides is 2. The Morgan fingerprint density at radius 1 is 1.19 bits per heavy atom. The van der Waals surface area contributed by atoms with Crippen molar-refractivity contribution in [2.45, 2.75) is 31.2 Å². The minimum Gasteiger partial charge on any atom is -0.490 e. The van der Waals surface area contributed by atoms with Gasteiger partial charge in [0.2, 0.25) is 15.9 Å². The summed E-state index contributed by atoms with van der Waals surface area (Å²) in [4.78, 5) is 36.3. The fourth-order valence-corrected chi connectivity index (χ4v) is 4.83. The average Bonchev–Trinajstić information content (AvgIpc) is 2.77. The summed E-state index contributed by atoms with van der Waals surface area (Å²) in [6, 6.07) is 2.66. The second-order valence-corrected chi connectivity index (χ2v) is 9.58. The Morgan fingerprint density at radius 2 is 1.81 bits per heavy atom. The summed E-state index contributed by atoms with van der Waals surface area (Å²) >= 11 is 0. The number of rotatable bonds is 8. The molecule has 1 aromatic carbocycles. The molecular weight excluding hydrogens is 444 g/mol. The lowest BCUT2D eigenvalue weighted by Gasteiger charge is -2.36. The zero-order valence-corrected chi connectivity index (χ0v) is 19.3. The molecule has 1 saturated heterocycles. The Kier molecular flexibility index (Phi) is 8.38. The van der Waals surface area contributed by atoms with E-state index >= 15 is 0 Å². The van der Waals surface area contributed by atoms with Crippen LogP contribution in [0.25, 0.3) is 0 Å². The first kappa shape index (κ1) is 25.3. The Balaban J connectivity index is 2.13. The van der Waals surface area contributed by atoms with Crippen LogP contribution in [0, 0.1) is 16.0 Å². The third-order valence-electron chi connectivity index (χ3n) is 5.02. The van der Waals surface area contributed by atoms with E-state index in [4.69, 9.17) is 4.74 Å². The molecule has 0 saturated carbocycles.